The molecule has 2 rings (SSSR count). The van der Waals surface area contributed by atoms with Gasteiger partial charge in [0.05, 0.1) is 18.0 Å². The predicted molar refractivity (Wildman–Crippen MR) is 70.2 cm³/mol. The van der Waals surface area contributed by atoms with Crippen molar-refractivity contribution in [3.8, 4) is 5.75 Å². The molecule has 3 N–H and O–H groups in total. The van der Waals surface area contributed by atoms with E-state index in [1.165, 1.54) is 25.7 Å². The first kappa shape index (κ1) is 13.3. The van der Waals surface area contributed by atoms with Crippen molar-refractivity contribution in [1.29, 1.82) is 0 Å². The lowest BCUT2D eigenvalue weighted by Crippen LogP contribution is -2.20. The van der Waals surface area contributed by atoms with E-state index in [0.717, 1.165) is 12.1 Å². The number of nitrogens with zero attached hydrogens (tertiary/aromatic N) is 1. The van der Waals surface area contributed by atoms with Crippen LogP contribution < -0.4 is 10.5 Å². The highest BCUT2D eigenvalue weighted by Crippen LogP contribution is 2.28. The molecule has 0 bridgehead atoms. The normalized spacial score (nSPS) is 17.9. The summed E-state index contributed by atoms with van der Waals surface area (Å²) in [6, 6.07) is 3.69. The molecule has 1 atom stereocenters. The Morgan fingerprint density at radius 1 is 1.39 bits per heavy atom. The molecule has 1 aliphatic rings. The van der Waals surface area contributed by atoms with Crippen molar-refractivity contribution in [2.45, 2.75) is 44.8 Å². The first-order valence-corrected chi connectivity index (χ1v) is 6.74. The number of nitrogens with two attached hydrogens (primary N) is 1. The van der Waals surface area contributed by atoms with Gasteiger partial charge in [0, 0.05) is 6.54 Å². The summed E-state index contributed by atoms with van der Waals surface area (Å²) in [4.78, 5) is 4.15. The average Bonchev–Trinajstić information content (AvgIpc) is 2.90. The highest BCUT2D eigenvalue weighted by atomic mass is 16.5. The van der Waals surface area contributed by atoms with Gasteiger partial charge in [-0.15, -0.1) is 0 Å². The van der Waals surface area contributed by atoms with Gasteiger partial charge in [0.25, 0.3) is 0 Å². The third-order valence-electron chi connectivity index (χ3n) is 3.53. The fourth-order valence-corrected chi connectivity index (χ4v) is 2.51. The number of aliphatic hydroxyl groups excluding tert-OH is 1. The van der Waals surface area contributed by atoms with Crippen molar-refractivity contribution in [3.05, 3.63) is 24.0 Å². The van der Waals surface area contributed by atoms with E-state index in [-0.39, 0.29) is 6.10 Å². The van der Waals surface area contributed by atoms with Gasteiger partial charge >= 0.3 is 0 Å². The molecule has 0 radical (unpaired) electrons. The molecule has 1 unspecified atom stereocenters. The maximum Gasteiger partial charge on any atom is 0.137 e. The summed E-state index contributed by atoms with van der Waals surface area (Å²) in [5.74, 6) is 1.37. The van der Waals surface area contributed by atoms with Crippen LogP contribution in [-0.2, 0) is 6.54 Å². The van der Waals surface area contributed by atoms with Crippen molar-refractivity contribution in [1.82, 2.24) is 4.98 Å². The lowest BCUT2D eigenvalue weighted by molar-refractivity contribution is 0.0853. The van der Waals surface area contributed by atoms with Crippen molar-refractivity contribution in [2.75, 3.05) is 6.61 Å². The van der Waals surface area contributed by atoms with Crippen molar-refractivity contribution in [3.63, 3.8) is 0 Å². The summed E-state index contributed by atoms with van der Waals surface area (Å²) < 4.78 is 5.52. The number of pyridine rings is 1. The molecule has 100 valence electrons. The molecule has 1 aliphatic carbocycles. The van der Waals surface area contributed by atoms with Crippen LogP contribution in [0.15, 0.2) is 18.3 Å². The molecule has 0 saturated heterocycles. The molecule has 1 heterocycles. The minimum Gasteiger partial charge on any atom is -0.489 e. The van der Waals surface area contributed by atoms with Crippen LogP contribution in [0.3, 0.4) is 0 Å². The summed E-state index contributed by atoms with van der Waals surface area (Å²) in [5, 5.41) is 9.91. The molecule has 1 aromatic heterocycles. The first-order valence-electron chi connectivity index (χ1n) is 6.74. The van der Waals surface area contributed by atoms with E-state index in [0.29, 0.717) is 24.8 Å². The van der Waals surface area contributed by atoms with Gasteiger partial charge in [-0.1, -0.05) is 25.7 Å². The van der Waals surface area contributed by atoms with Crippen LogP contribution >= 0.6 is 0 Å². The van der Waals surface area contributed by atoms with Crippen molar-refractivity contribution < 1.29 is 9.84 Å². The molecular formula is C14H22N2O2. The third kappa shape index (κ3) is 3.96. The molecule has 4 heteroatoms. The smallest absolute Gasteiger partial charge is 0.137 e. The van der Waals surface area contributed by atoms with Crippen LogP contribution in [0.1, 0.15) is 37.8 Å². The van der Waals surface area contributed by atoms with E-state index in [1.807, 2.05) is 12.1 Å². The van der Waals surface area contributed by atoms with Gasteiger partial charge in [-0.05, 0) is 24.5 Å². The average molecular weight is 250 g/mol. The minimum atomic E-state index is -0.373. The predicted octanol–water partition coefficient (Wildman–Crippen LogP) is 1.86. The van der Waals surface area contributed by atoms with Crippen LogP contribution in [0, 0.1) is 5.92 Å². The zero-order chi connectivity index (χ0) is 12.8. The number of aliphatic hydroxyl groups is 1. The Kier molecular flexibility index (Phi) is 4.96. The maximum atomic E-state index is 9.91. The maximum absolute atomic E-state index is 9.91. The standard InChI is InChI=1S/C14H22N2O2/c15-8-12-5-6-14(9-16-12)18-10-13(17)7-11-3-1-2-4-11/h5-6,9,11,13,17H,1-4,7-8,10,15H2. The Hall–Kier alpha value is -1.13. The largest absolute Gasteiger partial charge is 0.489 e. The topological polar surface area (TPSA) is 68.4 Å². The Bertz CT molecular complexity index is 347. The zero-order valence-electron chi connectivity index (χ0n) is 10.7. The van der Waals surface area contributed by atoms with Crippen molar-refractivity contribution >= 4 is 0 Å². The van der Waals surface area contributed by atoms with Crippen LogP contribution in [0.2, 0.25) is 0 Å². The molecular weight excluding hydrogens is 228 g/mol. The molecule has 4 nitrogen and oxygen atoms in total. The monoisotopic (exact) mass is 250 g/mol. The first-order chi connectivity index (χ1) is 8.78. The van der Waals surface area contributed by atoms with Gasteiger partial charge < -0.3 is 15.6 Å². The lowest BCUT2D eigenvalue weighted by atomic mass is 10.0. The van der Waals surface area contributed by atoms with Gasteiger partial charge in [0.15, 0.2) is 0 Å². The number of ether oxygens (including phenoxy) is 1. The third-order valence-corrected chi connectivity index (χ3v) is 3.53. The number of hydrogen-bond acceptors (Lipinski definition) is 4. The highest BCUT2D eigenvalue weighted by molar-refractivity contribution is 5.19. The summed E-state index contributed by atoms with van der Waals surface area (Å²) in [7, 11) is 0. The van der Waals surface area contributed by atoms with Gasteiger partial charge in [0.1, 0.15) is 12.4 Å². The summed E-state index contributed by atoms with van der Waals surface area (Å²) >= 11 is 0. The summed E-state index contributed by atoms with van der Waals surface area (Å²) in [5.41, 5.74) is 6.31. The van der Waals surface area contributed by atoms with Crippen LogP contribution in [0.25, 0.3) is 0 Å². The molecule has 1 fully saturated rings. The Morgan fingerprint density at radius 3 is 2.78 bits per heavy atom. The number of rotatable bonds is 6. The van der Waals surface area contributed by atoms with E-state index < -0.39 is 0 Å². The second-order valence-corrected chi connectivity index (χ2v) is 5.04. The zero-order valence-corrected chi connectivity index (χ0v) is 10.7. The van der Waals surface area contributed by atoms with Gasteiger partial charge in [0.2, 0.25) is 0 Å². The van der Waals surface area contributed by atoms with Gasteiger partial charge in [-0.25, -0.2) is 0 Å². The fourth-order valence-electron chi connectivity index (χ4n) is 2.51. The Balaban J connectivity index is 1.72. The van der Waals surface area contributed by atoms with Crippen LogP contribution in [-0.4, -0.2) is 22.8 Å². The minimum absolute atomic E-state index is 0.347. The van der Waals surface area contributed by atoms with Crippen LogP contribution in [0.4, 0.5) is 0 Å². The van der Waals surface area contributed by atoms with E-state index in [9.17, 15) is 5.11 Å². The van der Waals surface area contributed by atoms with E-state index in [1.54, 1.807) is 6.20 Å². The Labute approximate surface area is 108 Å². The van der Waals surface area contributed by atoms with Crippen LogP contribution in [0.5, 0.6) is 5.75 Å². The summed E-state index contributed by atoms with van der Waals surface area (Å²) in [6.45, 7) is 0.782. The van der Waals surface area contributed by atoms with Crippen molar-refractivity contribution in [2.24, 2.45) is 11.7 Å². The molecule has 1 aromatic rings. The van der Waals surface area contributed by atoms with E-state index in [2.05, 4.69) is 4.98 Å². The molecule has 0 amide bonds. The lowest BCUT2D eigenvalue weighted by Gasteiger charge is -2.16. The number of aromatic nitrogens is 1. The molecule has 0 spiro atoms. The molecule has 0 aliphatic heterocycles. The Morgan fingerprint density at radius 2 is 2.17 bits per heavy atom. The SMILES string of the molecule is NCc1ccc(OCC(O)CC2CCCC2)cn1. The second-order valence-electron chi connectivity index (χ2n) is 5.04. The quantitative estimate of drug-likeness (QED) is 0.808. The van der Waals surface area contributed by atoms with E-state index in [4.69, 9.17) is 10.5 Å². The fraction of sp³-hybridized carbons (Fsp3) is 0.643. The number of hydrogen-bond donors (Lipinski definition) is 2. The van der Waals surface area contributed by atoms with Gasteiger partial charge in [-0.2, -0.15) is 0 Å². The molecule has 18 heavy (non-hydrogen) atoms. The van der Waals surface area contributed by atoms with Gasteiger partial charge in [-0.3, -0.25) is 4.98 Å². The van der Waals surface area contributed by atoms with E-state index >= 15 is 0 Å². The second kappa shape index (κ2) is 6.71. The molecule has 0 aromatic carbocycles. The summed E-state index contributed by atoms with van der Waals surface area (Å²) in [6.07, 6.45) is 7.26. The highest BCUT2D eigenvalue weighted by Gasteiger charge is 2.19. The molecule has 1 saturated carbocycles.